The minimum atomic E-state index is -0.00967. The van der Waals surface area contributed by atoms with E-state index >= 15 is 0 Å². The van der Waals surface area contributed by atoms with E-state index < -0.39 is 0 Å². The molecule has 1 aromatic heterocycles. The van der Waals surface area contributed by atoms with Crippen molar-refractivity contribution in [2.75, 3.05) is 44.7 Å². The molecule has 0 bridgehead atoms. The third kappa shape index (κ3) is 4.51. The van der Waals surface area contributed by atoms with Gasteiger partial charge in [-0.15, -0.1) is 0 Å². The van der Waals surface area contributed by atoms with Gasteiger partial charge in [-0.05, 0) is 43.5 Å². The minimum Gasteiger partial charge on any atom is -0.464 e. The van der Waals surface area contributed by atoms with Gasteiger partial charge in [0.25, 0.3) is 0 Å². The van der Waals surface area contributed by atoms with Crippen LogP contribution >= 0.6 is 0 Å². The Morgan fingerprint density at radius 1 is 1.11 bits per heavy atom. The van der Waals surface area contributed by atoms with Gasteiger partial charge in [-0.1, -0.05) is 12.1 Å². The molecule has 6 heteroatoms. The first-order valence-corrected chi connectivity index (χ1v) is 9.81. The van der Waals surface area contributed by atoms with E-state index in [9.17, 15) is 4.79 Å². The van der Waals surface area contributed by atoms with Gasteiger partial charge in [-0.3, -0.25) is 4.90 Å². The molecule has 2 aliphatic heterocycles. The number of carbonyl (C=O) groups is 1. The summed E-state index contributed by atoms with van der Waals surface area (Å²) in [5, 5.41) is 3.08. The average Bonchev–Trinajstić information content (AvgIpc) is 3.24. The van der Waals surface area contributed by atoms with Gasteiger partial charge in [0.15, 0.2) is 0 Å². The van der Waals surface area contributed by atoms with E-state index in [1.54, 1.807) is 6.26 Å². The first-order valence-electron chi connectivity index (χ1n) is 9.81. The lowest BCUT2D eigenvalue weighted by Gasteiger charge is -2.39. The van der Waals surface area contributed by atoms with Gasteiger partial charge in [-0.2, -0.15) is 0 Å². The average molecular weight is 369 g/mol. The highest BCUT2D eigenvalue weighted by Gasteiger charge is 2.29. The molecule has 2 fully saturated rings. The summed E-state index contributed by atoms with van der Waals surface area (Å²) in [4.78, 5) is 17.4. The summed E-state index contributed by atoms with van der Waals surface area (Å²) in [5.41, 5.74) is 1.76. The standard InChI is InChI=1S/C21H27N3O3/c25-21(22-18-6-3-5-17(15-18)20-8-4-12-27-20)24-9-2-1-7-19(24)16-23-10-13-26-14-11-23/h3-6,8,12,15,19H,1-2,7,9-11,13-14,16H2,(H,22,25). The summed E-state index contributed by atoms with van der Waals surface area (Å²) in [6.45, 7) is 5.24. The third-order valence-corrected chi connectivity index (χ3v) is 5.38. The summed E-state index contributed by atoms with van der Waals surface area (Å²) in [6, 6.07) is 11.8. The van der Waals surface area contributed by atoms with E-state index in [0.29, 0.717) is 0 Å². The van der Waals surface area contributed by atoms with Crippen LogP contribution in [0.4, 0.5) is 10.5 Å². The Labute approximate surface area is 160 Å². The lowest BCUT2D eigenvalue weighted by Crippen LogP contribution is -2.52. The van der Waals surface area contributed by atoms with Crippen molar-refractivity contribution >= 4 is 11.7 Å². The smallest absolute Gasteiger partial charge is 0.322 e. The number of morpholine rings is 1. The van der Waals surface area contributed by atoms with Crippen LogP contribution in [0.3, 0.4) is 0 Å². The maximum absolute atomic E-state index is 13.0. The largest absolute Gasteiger partial charge is 0.464 e. The highest BCUT2D eigenvalue weighted by Crippen LogP contribution is 2.24. The van der Waals surface area contributed by atoms with E-state index in [0.717, 1.165) is 69.2 Å². The number of likely N-dealkylation sites (tertiary alicyclic amines) is 1. The van der Waals surface area contributed by atoms with Crippen LogP contribution in [0.2, 0.25) is 0 Å². The topological polar surface area (TPSA) is 58.0 Å². The SMILES string of the molecule is O=C(Nc1cccc(-c2ccco2)c1)N1CCCCC1CN1CCOCC1. The van der Waals surface area contributed by atoms with E-state index in [1.165, 1.54) is 6.42 Å². The summed E-state index contributed by atoms with van der Waals surface area (Å²) in [5.74, 6) is 0.800. The van der Waals surface area contributed by atoms with Crippen molar-refractivity contribution in [3.63, 3.8) is 0 Å². The molecule has 0 radical (unpaired) electrons. The van der Waals surface area contributed by atoms with Gasteiger partial charge in [-0.25, -0.2) is 4.79 Å². The molecule has 2 aromatic rings. The quantitative estimate of drug-likeness (QED) is 0.893. The van der Waals surface area contributed by atoms with Gasteiger partial charge in [0.05, 0.1) is 19.5 Å². The van der Waals surface area contributed by atoms with Crippen LogP contribution in [-0.4, -0.2) is 61.3 Å². The number of rotatable bonds is 4. The molecular weight excluding hydrogens is 342 g/mol. The van der Waals surface area contributed by atoms with Crippen LogP contribution in [0.1, 0.15) is 19.3 Å². The molecule has 27 heavy (non-hydrogen) atoms. The fourth-order valence-corrected chi connectivity index (χ4v) is 3.93. The fourth-order valence-electron chi connectivity index (χ4n) is 3.93. The van der Waals surface area contributed by atoms with Gasteiger partial charge in [0.1, 0.15) is 5.76 Å². The Kier molecular flexibility index (Phi) is 5.75. The number of nitrogens with zero attached hydrogens (tertiary/aromatic N) is 2. The van der Waals surface area contributed by atoms with Crippen LogP contribution < -0.4 is 5.32 Å². The van der Waals surface area contributed by atoms with Crippen LogP contribution in [-0.2, 0) is 4.74 Å². The van der Waals surface area contributed by atoms with Crippen LogP contribution in [0.25, 0.3) is 11.3 Å². The number of anilines is 1. The Hall–Kier alpha value is -2.31. The van der Waals surface area contributed by atoms with Gasteiger partial charge >= 0.3 is 6.03 Å². The lowest BCUT2D eigenvalue weighted by atomic mass is 10.0. The number of piperidine rings is 1. The first kappa shape index (κ1) is 18.1. The number of hydrogen-bond donors (Lipinski definition) is 1. The first-order chi connectivity index (χ1) is 13.3. The summed E-state index contributed by atoms with van der Waals surface area (Å²) in [6.07, 6.45) is 4.98. The van der Waals surface area contributed by atoms with Crippen LogP contribution in [0, 0.1) is 0 Å². The number of carbonyl (C=O) groups excluding carboxylic acids is 1. The van der Waals surface area contributed by atoms with Gasteiger partial charge < -0.3 is 19.4 Å². The van der Waals surface area contributed by atoms with Crippen LogP contribution in [0.15, 0.2) is 47.1 Å². The summed E-state index contributed by atoms with van der Waals surface area (Å²) >= 11 is 0. The normalized spacial score (nSPS) is 21.2. The molecule has 0 saturated carbocycles. The molecule has 2 aliphatic rings. The van der Waals surface area contributed by atoms with Crippen molar-refractivity contribution in [2.24, 2.45) is 0 Å². The Balaban J connectivity index is 1.42. The second-order valence-electron chi connectivity index (χ2n) is 7.24. The second-order valence-corrected chi connectivity index (χ2v) is 7.24. The molecule has 0 aliphatic carbocycles. The molecular formula is C21H27N3O3. The number of hydrogen-bond acceptors (Lipinski definition) is 4. The molecule has 1 aromatic carbocycles. The summed E-state index contributed by atoms with van der Waals surface area (Å²) < 4.78 is 10.9. The van der Waals surface area contributed by atoms with Crippen molar-refractivity contribution in [3.8, 4) is 11.3 Å². The maximum Gasteiger partial charge on any atom is 0.322 e. The molecule has 144 valence electrons. The number of nitrogens with one attached hydrogen (secondary N) is 1. The molecule has 0 spiro atoms. The Bertz CT molecular complexity index is 741. The number of benzene rings is 1. The van der Waals surface area contributed by atoms with Crippen molar-refractivity contribution in [3.05, 3.63) is 42.7 Å². The van der Waals surface area contributed by atoms with Gasteiger partial charge in [0.2, 0.25) is 0 Å². The Morgan fingerprint density at radius 3 is 2.81 bits per heavy atom. The molecule has 1 atom stereocenters. The molecule has 2 amide bonds. The molecule has 3 heterocycles. The molecule has 6 nitrogen and oxygen atoms in total. The van der Waals surface area contributed by atoms with Crippen LogP contribution in [0.5, 0.6) is 0 Å². The van der Waals surface area contributed by atoms with E-state index in [-0.39, 0.29) is 12.1 Å². The highest BCUT2D eigenvalue weighted by molar-refractivity contribution is 5.90. The van der Waals surface area contributed by atoms with Crippen molar-refractivity contribution < 1.29 is 13.9 Å². The van der Waals surface area contributed by atoms with Crippen molar-refractivity contribution in [2.45, 2.75) is 25.3 Å². The fraction of sp³-hybridized carbons (Fsp3) is 0.476. The number of urea groups is 1. The number of amides is 2. The lowest BCUT2D eigenvalue weighted by molar-refractivity contribution is 0.0229. The highest BCUT2D eigenvalue weighted by atomic mass is 16.5. The van der Waals surface area contributed by atoms with Gasteiger partial charge in [0, 0.05) is 43.5 Å². The molecule has 4 rings (SSSR count). The van der Waals surface area contributed by atoms with E-state index in [1.807, 2.05) is 41.3 Å². The predicted octanol–water partition coefficient (Wildman–Crippen LogP) is 3.67. The zero-order valence-corrected chi connectivity index (χ0v) is 15.6. The molecule has 1 N–H and O–H groups in total. The zero-order valence-electron chi connectivity index (χ0n) is 15.6. The molecule has 2 saturated heterocycles. The predicted molar refractivity (Wildman–Crippen MR) is 105 cm³/mol. The third-order valence-electron chi connectivity index (χ3n) is 5.38. The van der Waals surface area contributed by atoms with Crippen molar-refractivity contribution in [1.29, 1.82) is 0 Å². The zero-order chi connectivity index (χ0) is 18.5. The monoisotopic (exact) mass is 369 g/mol. The minimum absolute atomic E-state index is 0.00967. The number of furan rings is 1. The van der Waals surface area contributed by atoms with E-state index in [2.05, 4.69) is 10.2 Å². The van der Waals surface area contributed by atoms with Crippen molar-refractivity contribution in [1.82, 2.24) is 9.80 Å². The molecule has 1 unspecified atom stereocenters. The Morgan fingerprint density at radius 2 is 2.00 bits per heavy atom. The van der Waals surface area contributed by atoms with E-state index in [4.69, 9.17) is 9.15 Å². The maximum atomic E-state index is 13.0. The number of ether oxygens (including phenoxy) is 1. The summed E-state index contributed by atoms with van der Waals surface area (Å²) in [7, 11) is 0. The second kappa shape index (κ2) is 8.59.